The minimum atomic E-state index is 0.995. The van der Waals surface area contributed by atoms with E-state index < -0.39 is 0 Å². The summed E-state index contributed by atoms with van der Waals surface area (Å²) >= 11 is 0. The topological polar surface area (TPSA) is 0 Å². The highest BCUT2D eigenvalue weighted by atomic mass is 14.5. The van der Waals surface area contributed by atoms with Crippen molar-refractivity contribution in [2.45, 2.75) is 271 Å². The SMILES string of the molecule is CC1CCCC(C(C2CCCCC2)C2CCC(C(C3CCC(C(C4CCCCC4)C4CCCC(C)C4)CC3)C3CCC(C(C4CCCCC4)C4CCCC(C)C4)CC3)CC2)C1. The Balaban J connectivity index is 0.911. The lowest BCUT2D eigenvalue weighted by Gasteiger charge is -2.51. The van der Waals surface area contributed by atoms with Gasteiger partial charge in [0, 0.05) is 0 Å². The Morgan fingerprint density at radius 3 is 0.574 bits per heavy atom. The largest absolute Gasteiger partial charge is 0.0625 e. The molecular weight excluding hydrogens is 733 g/mol. The van der Waals surface area contributed by atoms with E-state index in [1.165, 1.54) is 38.5 Å². The van der Waals surface area contributed by atoms with Crippen LogP contribution >= 0.6 is 0 Å². The van der Waals surface area contributed by atoms with Crippen LogP contribution in [0.25, 0.3) is 0 Å². The van der Waals surface area contributed by atoms with Crippen molar-refractivity contribution >= 4 is 0 Å². The maximum atomic E-state index is 2.62. The van der Waals surface area contributed by atoms with Gasteiger partial charge in [0.2, 0.25) is 0 Å². The molecule has 0 spiro atoms. The van der Waals surface area contributed by atoms with Crippen molar-refractivity contribution in [1.29, 1.82) is 0 Å². The lowest BCUT2D eigenvalue weighted by molar-refractivity contribution is -0.0126. The van der Waals surface area contributed by atoms with Gasteiger partial charge in [0.05, 0.1) is 0 Å². The zero-order valence-electron chi connectivity index (χ0n) is 41.5. The Labute approximate surface area is 382 Å². The molecule has 9 fully saturated rings. The van der Waals surface area contributed by atoms with E-state index in [1.54, 1.807) is 212 Å². The molecule has 9 aliphatic rings. The summed E-state index contributed by atoms with van der Waals surface area (Å²) in [6.45, 7) is 7.86. The summed E-state index contributed by atoms with van der Waals surface area (Å²) in [6.07, 6.45) is 61.7. The second-order valence-corrected chi connectivity index (χ2v) is 26.6. The van der Waals surface area contributed by atoms with E-state index in [2.05, 4.69) is 20.8 Å². The molecule has 0 bridgehead atoms. The van der Waals surface area contributed by atoms with Gasteiger partial charge in [0.15, 0.2) is 0 Å². The van der Waals surface area contributed by atoms with Crippen LogP contribution in [0, 0.1) is 112 Å². The maximum absolute atomic E-state index is 2.62. The molecule has 0 aromatic carbocycles. The summed E-state index contributed by atoms with van der Waals surface area (Å²) in [6, 6.07) is 0. The van der Waals surface area contributed by atoms with Crippen molar-refractivity contribution in [2.75, 3.05) is 0 Å². The number of rotatable bonds is 12. The molecule has 0 heteroatoms. The number of hydrogen-bond donors (Lipinski definition) is 0. The van der Waals surface area contributed by atoms with Gasteiger partial charge in [-0.15, -0.1) is 0 Å². The van der Waals surface area contributed by atoms with Gasteiger partial charge in [0.1, 0.15) is 0 Å². The van der Waals surface area contributed by atoms with Crippen molar-refractivity contribution in [3.05, 3.63) is 0 Å². The molecule has 350 valence electrons. The van der Waals surface area contributed by atoms with Crippen molar-refractivity contribution < 1.29 is 0 Å². The number of hydrogen-bond acceptors (Lipinski definition) is 0. The molecule has 9 rings (SSSR count). The van der Waals surface area contributed by atoms with E-state index in [4.69, 9.17) is 0 Å². The van der Waals surface area contributed by atoms with E-state index in [1.807, 2.05) is 0 Å². The fourth-order valence-electron chi connectivity index (χ4n) is 20.4. The Morgan fingerprint density at radius 1 is 0.180 bits per heavy atom. The van der Waals surface area contributed by atoms with Gasteiger partial charge in [0.25, 0.3) is 0 Å². The van der Waals surface area contributed by atoms with Gasteiger partial charge in [-0.05, 0) is 209 Å². The second-order valence-electron chi connectivity index (χ2n) is 26.6. The van der Waals surface area contributed by atoms with E-state index >= 15 is 0 Å². The molecule has 0 aliphatic heterocycles. The minimum absolute atomic E-state index is 0.995. The molecule has 9 atom stereocenters. The summed E-state index contributed by atoms with van der Waals surface area (Å²) in [5.41, 5.74) is 0. The van der Waals surface area contributed by atoms with Crippen LogP contribution in [-0.2, 0) is 0 Å². The zero-order valence-corrected chi connectivity index (χ0v) is 41.5. The van der Waals surface area contributed by atoms with E-state index in [0.29, 0.717) is 0 Å². The van der Waals surface area contributed by atoms with Crippen LogP contribution in [0.3, 0.4) is 0 Å². The second kappa shape index (κ2) is 22.7. The molecule has 0 N–H and O–H groups in total. The van der Waals surface area contributed by atoms with Crippen LogP contribution in [0.2, 0.25) is 0 Å². The van der Waals surface area contributed by atoms with E-state index in [-0.39, 0.29) is 0 Å². The first-order valence-electron chi connectivity index (χ1n) is 30.0. The summed E-state index contributed by atoms with van der Waals surface area (Å²) in [7, 11) is 0. The van der Waals surface area contributed by atoms with Crippen molar-refractivity contribution in [3.8, 4) is 0 Å². The van der Waals surface area contributed by atoms with Gasteiger partial charge >= 0.3 is 0 Å². The normalized spacial score (nSPS) is 42.9. The van der Waals surface area contributed by atoms with Crippen LogP contribution < -0.4 is 0 Å². The lowest BCUT2D eigenvalue weighted by Crippen LogP contribution is -2.42. The smallest absolute Gasteiger partial charge is 0.0329 e. The van der Waals surface area contributed by atoms with Gasteiger partial charge in [-0.1, -0.05) is 175 Å². The first-order chi connectivity index (χ1) is 30.0. The van der Waals surface area contributed by atoms with Gasteiger partial charge < -0.3 is 0 Å². The first kappa shape index (κ1) is 46.1. The molecule has 9 unspecified atom stereocenters. The molecule has 9 aliphatic carbocycles. The molecule has 0 saturated heterocycles. The quantitative estimate of drug-likeness (QED) is 0.184. The molecule has 0 nitrogen and oxygen atoms in total. The van der Waals surface area contributed by atoms with Crippen LogP contribution in [0.4, 0.5) is 0 Å². The molecule has 0 aromatic rings. The van der Waals surface area contributed by atoms with Crippen LogP contribution in [-0.4, -0.2) is 0 Å². The summed E-state index contributed by atoms with van der Waals surface area (Å²) < 4.78 is 0. The van der Waals surface area contributed by atoms with Crippen LogP contribution in [0.5, 0.6) is 0 Å². The van der Waals surface area contributed by atoms with Crippen molar-refractivity contribution in [1.82, 2.24) is 0 Å². The predicted molar refractivity (Wildman–Crippen MR) is 263 cm³/mol. The van der Waals surface area contributed by atoms with Gasteiger partial charge in [-0.2, -0.15) is 0 Å². The third kappa shape index (κ3) is 11.6. The molecule has 0 radical (unpaired) electrons. The Morgan fingerprint density at radius 2 is 0.361 bits per heavy atom. The standard InChI is InChI=1S/C61H106/c1-43-16-13-25-55(40-43)59(46-19-7-4-8-20-46)52-34-28-49(29-35-52)58(50-30-36-53(37-31-50)60(47-21-9-5-10-22-47)56-26-14-17-44(2)41-56)51-32-38-54(39-33-51)61(48-23-11-6-12-24-48)57-27-15-18-45(3)42-57/h43-61H,4-42H2,1-3H3. The Kier molecular flexibility index (Phi) is 17.1. The molecule has 61 heavy (non-hydrogen) atoms. The van der Waals surface area contributed by atoms with E-state index in [9.17, 15) is 0 Å². The monoisotopic (exact) mass is 839 g/mol. The van der Waals surface area contributed by atoms with Crippen LogP contribution in [0.15, 0.2) is 0 Å². The zero-order chi connectivity index (χ0) is 41.5. The fourth-order valence-corrected chi connectivity index (χ4v) is 20.4. The van der Waals surface area contributed by atoms with Gasteiger partial charge in [-0.25, -0.2) is 0 Å². The average molecular weight is 840 g/mol. The third-order valence-electron chi connectivity index (χ3n) is 22.9. The van der Waals surface area contributed by atoms with Gasteiger partial charge in [-0.3, -0.25) is 0 Å². The third-order valence-corrected chi connectivity index (χ3v) is 22.9. The molecule has 9 saturated carbocycles. The Bertz CT molecular complexity index is 1070. The van der Waals surface area contributed by atoms with Crippen molar-refractivity contribution in [3.63, 3.8) is 0 Å². The van der Waals surface area contributed by atoms with Crippen molar-refractivity contribution in [2.24, 2.45) is 112 Å². The predicted octanol–water partition coefficient (Wildman–Crippen LogP) is 19.1. The summed E-state index contributed by atoms with van der Waals surface area (Å²) in [5.74, 6) is 20.2. The maximum Gasteiger partial charge on any atom is -0.0329 e. The lowest BCUT2D eigenvalue weighted by atomic mass is 9.54. The molecular formula is C61H106. The summed E-state index contributed by atoms with van der Waals surface area (Å²) in [4.78, 5) is 0. The molecule has 0 heterocycles. The summed E-state index contributed by atoms with van der Waals surface area (Å²) in [5, 5.41) is 0. The van der Waals surface area contributed by atoms with E-state index in [0.717, 1.165) is 112 Å². The minimum Gasteiger partial charge on any atom is -0.0625 e. The van der Waals surface area contributed by atoms with Crippen LogP contribution in [0.1, 0.15) is 271 Å². The fraction of sp³-hybridized carbons (Fsp3) is 1.00. The highest BCUT2D eigenvalue weighted by Gasteiger charge is 2.47. The first-order valence-corrected chi connectivity index (χ1v) is 30.0. The Hall–Kier alpha value is 0. The molecule has 0 aromatic heterocycles. The average Bonchev–Trinajstić information content (AvgIpc) is 3.30. The molecule has 0 amide bonds. The highest BCUT2D eigenvalue weighted by molar-refractivity contribution is 4.98. The highest BCUT2D eigenvalue weighted by Crippen LogP contribution is 2.57.